The summed E-state index contributed by atoms with van der Waals surface area (Å²) in [4.78, 5) is 13.7. The van der Waals surface area contributed by atoms with Crippen LogP contribution < -0.4 is 10.2 Å². The van der Waals surface area contributed by atoms with Crippen LogP contribution in [0.4, 0.5) is 11.4 Å². The summed E-state index contributed by atoms with van der Waals surface area (Å²) in [7, 11) is 0. The maximum absolute atomic E-state index is 11.4. The van der Waals surface area contributed by atoms with Crippen molar-refractivity contribution in [2.75, 3.05) is 23.3 Å². The molecule has 0 atom stereocenters. The predicted molar refractivity (Wildman–Crippen MR) is 71.4 cm³/mol. The lowest BCUT2D eigenvalue weighted by molar-refractivity contribution is -0.115. The first-order valence-electron chi connectivity index (χ1n) is 6.31. The molecule has 4 nitrogen and oxygen atoms in total. The highest BCUT2D eigenvalue weighted by Gasteiger charge is 2.11. The van der Waals surface area contributed by atoms with Crippen LogP contribution in [0.1, 0.15) is 25.7 Å². The molecule has 4 heteroatoms. The number of hydrogen-bond donors (Lipinski definition) is 1. The molecule has 2 rings (SSSR count). The van der Waals surface area contributed by atoms with Crippen molar-refractivity contribution in [1.82, 2.24) is 0 Å². The van der Waals surface area contributed by atoms with Crippen molar-refractivity contribution in [3.05, 3.63) is 24.3 Å². The number of nitrogens with one attached hydrogen (secondary N) is 1. The number of rotatable bonds is 3. The quantitative estimate of drug-likeness (QED) is 0.887. The zero-order valence-corrected chi connectivity index (χ0v) is 10.4. The Balaban J connectivity index is 2.05. The zero-order valence-electron chi connectivity index (χ0n) is 10.4. The highest BCUT2D eigenvalue weighted by Crippen LogP contribution is 2.22. The van der Waals surface area contributed by atoms with Crippen molar-refractivity contribution in [1.29, 1.82) is 5.26 Å². The van der Waals surface area contributed by atoms with Crippen LogP contribution >= 0.6 is 0 Å². The lowest BCUT2D eigenvalue weighted by atomic mass is 10.1. The average molecular weight is 243 g/mol. The van der Waals surface area contributed by atoms with Crippen LogP contribution in [0.25, 0.3) is 0 Å². The molecule has 1 saturated heterocycles. The molecule has 1 aromatic carbocycles. The first kappa shape index (κ1) is 12.4. The Morgan fingerprint density at radius 3 is 2.83 bits per heavy atom. The summed E-state index contributed by atoms with van der Waals surface area (Å²) in [5, 5.41) is 11.2. The number of nitrogens with zero attached hydrogens (tertiary/aromatic N) is 2. The second-order valence-corrected chi connectivity index (χ2v) is 4.48. The van der Waals surface area contributed by atoms with E-state index >= 15 is 0 Å². The van der Waals surface area contributed by atoms with Gasteiger partial charge in [0, 0.05) is 24.5 Å². The van der Waals surface area contributed by atoms with Crippen molar-refractivity contribution >= 4 is 17.3 Å². The molecule has 18 heavy (non-hydrogen) atoms. The fraction of sp³-hybridized carbons (Fsp3) is 0.429. The largest absolute Gasteiger partial charge is 0.371 e. The molecule has 0 aromatic heterocycles. The van der Waals surface area contributed by atoms with Crippen LogP contribution in [0.5, 0.6) is 0 Å². The molecule has 0 radical (unpaired) electrons. The van der Waals surface area contributed by atoms with Gasteiger partial charge in [0.05, 0.1) is 6.07 Å². The number of benzene rings is 1. The number of piperidine rings is 1. The highest BCUT2D eigenvalue weighted by molar-refractivity contribution is 5.92. The Morgan fingerprint density at radius 1 is 1.33 bits per heavy atom. The summed E-state index contributed by atoms with van der Waals surface area (Å²) in [6.07, 6.45) is 3.65. The first-order chi connectivity index (χ1) is 8.79. The molecule has 1 aliphatic rings. The van der Waals surface area contributed by atoms with E-state index in [2.05, 4.69) is 16.3 Å². The Kier molecular flexibility index (Phi) is 4.19. The predicted octanol–water partition coefficient (Wildman–Crippen LogP) is 2.53. The molecule has 1 aliphatic heterocycles. The molecule has 1 N–H and O–H groups in total. The molecule has 0 aliphatic carbocycles. The fourth-order valence-electron chi connectivity index (χ4n) is 2.21. The number of hydrogen-bond acceptors (Lipinski definition) is 3. The normalized spacial score (nSPS) is 14.9. The van der Waals surface area contributed by atoms with Crippen molar-refractivity contribution in [2.24, 2.45) is 0 Å². The Hall–Kier alpha value is -2.02. The van der Waals surface area contributed by atoms with Gasteiger partial charge in [-0.1, -0.05) is 6.07 Å². The summed E-state index contributed by atoms with van der Waals surface area (Å²) in [6, 6.07) is 9.66. The van der Waals surface area contributed by atoms with E-state index in [0.29, 0.717) is 0 Å². The molecule has 1 fully saturated rings. The lowest BCUT2D eigenvalue weighted by Gasteiger charge is -2.29. The summed E-state index contributed by atoms with van der Waals surface area (Å²) in [5.74, 6) is -0.256. The number of carbonyl (C=O) groups is 1. The van der Waals surface area contributed by atoms with Gasteiger partial charge in [-0.3, -0.25) is 4.79 Å². The molecule has 0 bridgehead atoms. The van der Waals surface area contributed by atoms with Crippen LogP contribution in [0, 0.1) is 11.3 Å². The first-order valence-corrected chi connectivity index (χ1v) is 6.31. The van der Waals surface area contributed by atoms with E-state index in [1.807, 2.05) is 24.3 Å². The van der Waals surface area contributed by atoms with Gasteiger partial charge in [-0.25, -0.2) is 0 Å². The summed E-state index contributed by atoms with van der Waals surface area (Å²) in [6.45, 7) is 2.16. The zero-order chi connectivity index (χ0) is 12.8. The van der Waals surface area contributed by atoms with E-state index in [1.165, 1.54) is 19.3 Å². The van der Waals surface area contributed by atoms with Crippen molar-refractivity contribution in [3.8, 4) is 6.07 Å². The average Bonchev–Trinajstić information content (AvgIpc) is 2.40. The van der Waals surface area contributed by atoms with E-state index in [4.69, 9.17) is 5.26 Å². The maximum Gasteiger partial charge on any atom is 0.238 e. The molecule has 0 saturated carbocycles. The van der Waals surface area contributed by atoms with Gasteiger partial charge in [0.1, 0.15) is 6.42 Å². The molecule has 0 spiro atoms. The third kappa shape index (κ3) is 3.24. The second kappa shape index (κ2) is 6.06. The lowest BCUT2D eigenvalue weighted by Crippen LogP contribution is -2.29. The van der Waals surface area contributed by atoms with E-state index in [9.17, 15) is 4.79 Å². The molecule has 1 heterocycles. The van der Waals surface area contributed by atoms with Crippen LogP contribution in [-0.4, -0.2) is 19.0 Å². The minimum absolute atomic E-state index is 0.103. The van der Waals surface area contributed by atoms with Crippen molar-refractivity contribution in [2.45, 2.75) is 25.7 Å². The summed E-state index contributed by atoms with van der Waals surface area (Å²) >= 11 is 0. The Bertz CT molecular complexity index is 458. The summed E-state index contributed by atoms with van der Waals surface area (Å²) < 4.78 is 0. The van der Waals surface area contributed by atoms with Gasteiger partial charge in [-0.2, -0.15) is 5.26 Å². The second-order valence-electron chi connectivity index (χ2n) is 4.48. The van der Waals surface area contributed by atoms with Crippen molar-refractivity contribution < 1.29 is 4.79 Å². The third-order valence-corrected chi connectivity index (χ3v) is 3.09. The van der Waals surface area contributed by atoms with Crippen molar-refractivity contribution in [3.63, 3.8) is 0 Å². The van der Waals surface area contributed by atoms with Gasteiger partial charge >= 0.3 is 0 Å². The number of carbonyl (C=O) groups excluding carboxylic acids is 1. The minimum Gasteiger partial charge on any atom is -0.371 e. The summed E-state index contributed by atoms with van der Waals surface area (Å²) in [5.41, 5.74) is 1.91. The fourth-order valence-corrected chi connectivity index (χ4v) is 2.21. The molecular formula is C14H17N3O. The number of amides is 1. The number of anilines is 2. The van der Waals surface area contributed by atoms with Gasteiger partial charge < -0.3 is 10.2 Å². The SMILES string of the molecule is N#CCC(=O)Nc1cccc(N2CCCCC2)c1. The molecular weight excluding hydrogens is 226 g/mol. The highest BCUT2D eigenvalue weighted by atomic mass is 16.1. The van der Waals surface area contributed by atoms with Gasteiger partial charge in [0.2, 0.25) is 5.91 Å². The van der Waals surface area contributed by atoms with Crippen LogP contribution in [0.2, 0.25) is 0 Å². The topological polar surface area (TPSA) is 56.1 Å². The van der Waals surface area contributed by atoms with Gasteiger partial charge in [0.25, 0.3) is 0 Å². The van der Waals surface area contributed by atoms with E-state index in [0.717, 1.165) is 24.5 Å². The Labute approximate surface area is 107 Å². The van der Waals surface area contributed by atoms with E-state index in [-0.39, 0.29) is 12.3 Å². The maximum atomic E-state index is 11.4. The van der Waals surface area contributed by atoms with Gasteiger partial charge in [-0.15, -0.1) is 0 Å². The van der Waals surface area contributed by atoms with E-state index in [1.54, 1.807) is 0 Å². The third-order valence-electron chi connectivity index (χ3n) is 3.09. The molecule has 1 amide bonds. The van der Waals surface area contributed by atoms with Crippen LogP contribution in [0.3, 0.4) is 0 Å². The molecule has 0 unspecified atom stereocenters. The minimum atomic E-state index is -0.256. The van der Waals surface area contributed by atoms with Crippen LogP contribution in [-0.2, 0) is 4.79 Å². The Morgan fingerprint density at radius 2 is 2.11 bits per heavy atom. The van der Waals surface area contributed by atoms with Gasteiger partial charge in [-0.05, 0) is 37.5 Å². The van der Waals surface area contributed by atoms with Gasteiger partial charge in [0.15, 0.2) is 0 Å². The standard InChI is InChI=1S/C14H17N3O/c15-8-7-14(18)16-12-5-4-6-13(11-12)17-9-2-1-3-10-17/h4-6,11H,1-3,7,9-10H2,(H,16,18). The van der Waals surface area contributed by atoms with Crippen LogP contribution in [0.15, 0.2) is 24.3 Å². The monoisotopic (exact) mass is 243 g/mol. The molecule has 94 valence electrons. The van der Waals surface area contributed by atoms with E-state index < -0.39 is 0 Å². The molecule has 1 aromatic rings. The number of nitriles is 1. The smallest absolute Gasteiger partial charge is 0.238 e.